The monoisotopic (exact) mass is 370 g/mol. The van der Waals surface area contributed by atoms with Gasteiger partial charge in [-0.25, -0.2) is 4.39 Å². The van der Waals surface area contributed by atoms with E-state index in [1.165, 1.54) is 11.6 Å². The van der Waals surface area contributed by atoms with Gasteiger partial charge in [-0.1, -0.05) is 45.0 Å². The van der Waals surface area contributed by atoms with Gasteiger partial charge < -0.3 is 14.5 Å². The Morgan fingerprint density at radius 1 is 1.00 bits per heavy atom. The van der Waals surface area contributed by atoms with Crippen LogP contribution in [-0.2, 0) is 10.2 Å². The number of hydrogen-bond donors (Lipinski definition) is 0. The summed E-state index contributed by atoms with van der Waals surface area (Å²) in [5, 5.41) is 0. The van der Waals surface area contributed by atoms with Gasteiger partial charge >= 0.3 is 0 Å². The predicted molar refractivity (Wildman–Crippen MR) is 106 cm³/mol. The zero-order valence-electron chi connectivity index (χ0n) is 16.2. The van der Waals surface area contributed by atoms with Gasteiger partial charge in [0.05, 0.1) is 5.69 Å². The predicted octanol–water partition coefficient (Wildman–Crippen LogP) is 3.85. The van der Waals surface area contributed by atoms with Gasteiger partial charge in [0, 0.05) is 26.2 Å². The van der Waals surface area contributed by atoms with Crippen molar-refractivity contribution in [1.29, 1.82) is 0 Å². The van der Waals surface area contributed by atoms with E-state index < -0.39 is 0 Å². The fourth-order valence-corrected chi connectivity index (χ4v) is 3.19. The summed E-state index contributed by atoms with van der Waals surface area (Å²) in [7, 11) is 0. The molecular formula is C22H27FN2O2. The van der Waals surface area contributed by atoms with Crippen LogP contribution >= 0.6 is 0 Å². The smallest absolute Gasteiger partial charge is 0.260 e. The van der Waals surface area contributed by atoms with Crippen LogP contribution in [0.1, 0.15) is 26.3 Å². The van der Waals surface area contributed by atoms with E-state index in [9.17, 15) is 9.18 Å². The van der Waals surface area contributed by atoms with Crippen molar-refractivity contribution >= 4 is 11.6 Å². The molecule has 0 atom stereocenters. The summed E-state index contributed by atoms with van der Waals surface area (Å²) < 4.78 is 19.6. The second-order valence-electron chi connectivity index (χ2n) is 7.88. The van der Waals surface area contributed by atoms with E-state index in [4.69, 9.17) is 4.74 Å². The molecule has 0 aliphatic carbocycles. The van der Waals surface area contributed by atoms with E-state index in [2.05, 4.69) is 20.8 Å². The first-order valence-electron chi connectivity index (χ1n) is 9.35. The Labute approximate surface area is 160 Å². The lowest BCUT2D eigenvalue weighted by atomic mass is 9.87. The average Bonchev–Trinajstić information content (AvgIpc) is 2.66. The fraction of sp³-hybridized carbons (Fsp3) is 0.409. The molecule has 0 radical (unpaired) electrons. The summed E-state index contributed by atoms with van der Waals surface area (Å²) in [6, 6.07) is 14.6. The summed E-state index contributed by atoms with van der Waals surface area (Å²) in [4.78, 5) is 16.2. The van der Waals surface area contributed by atoms with Crippen LogP contribution in [-0.4, -0.2) is 43.6 Å². The van der Waals surface area contributed by atoms with Gasteiger partial charge in [-0.15, -0.1) is 0 Å². The molecule has 1 heterocycles. The van der Waals surface area contributed by atoms with Crippen molar-refractivity contribution in [3.05, 3.63) is 59.9 Å². The molecule has 144 valence electrons. The Morgan fingerprint density at radius 2 is 1.63 bits per heavy atom. The minimum absolute atomic E-state index is 0.0224. The number of carbonyl (C=O) groups excluding carboxylic acids is 1. The lowest BCUT2D eigenvalue weighted by molar-refractivity contribution is -0.133. The van der Waals surface area contributed by atoms with Crippen LogP contribution in [0.4, 0.5) is 10.1 Å². The Bertz CT molecular complexity index is 776. The van der Waals surface area contributed by atoms with Crippen LogP contribution in [0.3, 0.4) is 0 Å². The first-order valence-corrected chi connectivity index (χ1v) is 9.35. The van der Waals surface area contributed by atoms with E-state index in [-0.39, 0.29) is 23.7 Å². The van der Waals surface area contributed by atoms with Crippen molar-refractivity contribution in [1.82, 2.24) is 4.90 Å². The SMILES string of the molecule is CC(C)(C)c1ccc(OCC(=O)N2CCN(c3ccccc3F)CC2)cc1. The Kier molecular flexibility index (Phi) is 5.68. The number of anilines is 1. The lowest BCUT2D eigenvalue weighted by Crippen LogP contribution is -2.50. The van der Waals surface area contributed by atoms with Gasteiger partial charge in [0.25, 0.3) is 5.91 Å². The number of nitrogens with zero attached hydrogens (tertiary/aromatic N) is 2. The summed E-state index contributed by atoms with van der Waals surface area (Å²) in [6.07, 6.45) is 0. The Morgan fingerprint density at radius 3 is 2.22 bits per heavy atom. The average molecular weight is 370 g/mol. The molecule has 0 bridgehead atoms. The summed E-state index contributed by atoms with van der Waals surface area (Å²) in [5.41, 5.74) is 1.91. The molecule has 0 unspecified atom stereocenters. The summed E-state index contributed by atoms with van der Waals surface area (Å²) >= 11 is 0. The van der Waals surface area contributed by atoms with Gasteiger partial charge in [0.1, 0.15) is 11.6 Å². The molecule has 0 N–H and O–H groups in total. The van der Waals surface area contributed by atoms with Crippen LogP contribution in [0, 0.1) is 5.82 Å². The molecule has 5 heteroatoms. The quantitative estimate of drug-likeness (QED) is 0.820. The van der Waals surface area contributed by atoms with E-state index in [0.717, 1.165) is 0 Å². The van der Waals surface area contributed by atoms with E-state index in [1.807, 2.05) is 35.2 Å². The molecule has 0 saturated carbocycles. The lowest BCUT2D eigenvalue weighted by Gasteiger charge is -2.36. The minimum atomic E-state index is -0.223. The first kappa shape index (κ1) is 19.2. The van der Waals surface area contributed by atoms with Crippen LogP contribution < -0.4 is 9.64 Å². The van der Waals surface area contributed by atoms with Crippen LogP contribution in [0.15, 0.2) is 48.5 Å². The standard InChI is InChI=1S/C22H27FN2O2/c1-22(2,3)17-8-10-18(11-9-17)27-16-21(26)25-14-12-24(13-15-25)20-7-5-4-6-19(20)23/h4-11H,12-16H2,1-3H3. The van der Waals surface area contributed by atoms with Gasteiger partial charge in [-0.2, -0.15) is 0 Å². The van der Waals surface area contributed by atoms with E-state index in [1.54, 1.807) is 17.0 Å². The van der Waals surface area contributed by atoms with Gasteiger partial charge in [0.15, 0.2) is 6.61 Å². The molecule has 1 saturated heterocycles. The number of piperazine rings is 1. The normalized spacial score (nSPS) is 15.0. The topological polar surface area (TPSA) is 32.8 Å². The summed E-state index contributed by atoms with van der Waals surface area (Å²) in [5.74, 6) is 0.434. The highest BCUT2D eigenvalue weighted by molar-refractivity contribution is 5.78. The molecule has 0 aromatic heterocycles. The van der Waals surface area contributed by atoms with Crippen molar-refractivity contribution in [2.75, 3.05) is 37.7 Å². The third-order valence-corrected chi connectivity index (χ3v) is 4.91. The zero-order valence-corrected chi connectivity index (χ0v) is 16.2. The number of para-hydroxylation sites is 1. The van der Waals surface area contributed by atoms with E-state index >= 15 is 0 Å². The minimum Gasteiger partial charge on any atom is -0.484 e. The highest BCUT2D eigenvalue weighted by Crippen LogP contribution is 2.24. The molecule has 1 aliphatic heterocycles. The van der Waals surface area contributed by atoms with Gasteiger partial charge in [-0.3, -0.25) is 4.79 Å². The molecule has 0 spiro atoms. The molecule has 2 aromatic rings. The molecule has 27 heavy (non-hydrogen) atoms. The molecule has 1 fully saturated rings. The van der Waals surface area contributed by atoms with Crippen molar-refractivity contribution in [2.45, 2.75) is 26.2 Å². The van der Waals surface area contributed by atoms with Crippen molar-refractivity contribution < 1.29 is 13.9 Å². The highest BCUT2D eigenvalue weighted by atomic mass is 19.1. The number of halogens is 1. The molecule has 3 rings (SSSR count). The maximum absolute atomic E-state index is 13.9. The number of carbonyl (C=O) groups is 1. The van der Waals surface area contributed by atoms with Crippen molar-refractivity contribution in [3.63, 3.8) is 0 Å². The maximum Gasteiger partial charge on any atom is 0.260 e. The molecule has 4 nitrogen and oxygen atoms in total. The molecule has 1 amide bonds. The first-order chi connectivity index (χ1) is 12.8. The van der Waals surface area contributed by atoms with Crippen molar-refractivity contribution in [3.8, 4) is 5.75 Å². The summed E-state index contributed by atoms with van der Waals surface area (Å²) in [6.45, 7) is 8.88. The number of benzene rings is 2. The third kappa shape index (κ3) is 4.79. The van der Waals surface area contributed by atoms with Crippen LogP contribution in [0.25, 0.3) is 0 Å². The number of amides is 1. The van der Waals surface area contributed by atoms with Crippen molar-refractivity contribution in [2.24, 2.45) is 0 Å². The van der Waals surface area contributed by atoms with E-state index in [0.29, 0.717) is 37.6 Å². The van der Waals surface area contributed by atoms with Gasteiger partial charge in [0.2, 0.25) is 0 Å². The molecule has 2 aromatic carbocycles. The second-order valence-corrected chi connectivity index (χ2v) is 7.88. The third-order valence-electron chi connectivity index (χ3n) is 4.91. The fourth-order valence-electron chi connectivity index (χ4n) is 3.19. The Balaban J connectivity index is 1.49. The molecule has 1 aliphatic rings. The largest absolute Gasteiger partial charge is 0.484 e. The number of ether oxygens (including phenoxy) is 1. The second kappa shape index (κ2) is 7.99. The van der Waals surface area contributed by atoms with Crippen LogP contribution in [0.2, 0.25) is 0 Å². The number of rotatable bonds is 4. The maximum atomic E-state index is 13.9. The van der Waals surface area contributed by atoms with Crippen LogP contribution in [0.5, 0.6) is 5.75 Å². The zero-order chi connectivity index (χ0) is 19.4. The molecular weight excluding hydrogens is 343 g/mol. The number of hydrogen-bond acceptors (Lipinski definition) is 3. The van der Waals surface area contributed by atoms with Gasteiger partial charge in [-0.05, 0) is 35.2 Å². The Hall–Kier alpha value is -2.56. The highest BCUT2D eigenvalue weighted by Gasteiger charge is 2.23.